The van der Waals surface area contributed by atoms with Gasteiger partial charge in [0.05, 0.1) is 0 Å². The monoisotopic (exact) mass is 272 g/mol. The highest BCUT2D eigenvalue weighted by atomic mass is 16.5. The second-order valence-corrected chi connectivity index (χ2v) is 5.38. The van der Waals surface area contributed by atoms with Crippen LogP contribution in [0, 0.1) is 5.92 Å². The molecule has 0 spiro atoms. The second-order valence-electron chi connectivity index (χ2n) is 5.38. The Labute approximate surface area is 118 Å². The number of hydrogen-bond acceptors (Lipinski definition) is 5. The zero-order chi connectivity index (χ0) is 13.6. The summed E-state index contributed by atoms with van der Waals surface area (Å²) >= 11 is 0. The van der Waals surface area contributed by atoms with E-state index in [0.29, 0.717) is 5.92 Å². The fourth-order valence-corrected chi connectivity index (χ4v) is 2.63. The van der Waals surface area contributed by atoms with Gasteiger partial charge in [0, 0.05) is 25.2 Å². The van der Waals surface area contributed by atoms with Gasteiger partial charge in [-0.05, 0) is 49.9 Å². The van der Waals surface area contributed by atoms with Crippen LogP contribution in [0.3, 0.4) is 0 Å². The molecule has 2 aromatic heterocycles. The first-order valence-corrected chi connectivity index (χ1v) is 7.31. The predicted octanol–water partition coefficient (Wildman–Crippen LogP) is 1.79. The molecule has 1 aliphatic rings. The van der Waals surface area contributed by atoms with E-state index in [0.717, 1.165) is 44.1 Å². The minimum atomic E-state index is 0.646. The molecule has 0 aromatic carbocycles. The Morgan fingerprint density at radius 1 is 1.35 bits per heavy atom. The van der Waals surface area contributed by atoms with Crippen molar-refractivity contribution in [2.75, 3.05) is 13.1 Å². The Morgan fingerprint density at radius 3 is 3.15 bits per heavy atom. The van der Waals surface area contributed by atoms with Gasteiger partial charge in [0.25, 0.3) is 0 Å². The molecule has 3 heterocycles. The van der Waals surface area contributed by atoms with Crippen LogP contribution in [-0.2, 0) is 19.3 Å². The normalized spacial score (nSPS) is 19.1. The highest BCUT2D eigenvalue weighted by Crippen LogP contribution is 2.15. The van der Waals surface area contributed by atoms with Gasteiger partial charge >= 0.3 is 0 Å². The van der Waals surface area contributed by atoms with Gasteiger partial charge in [-0.2, -0.15) is 4.98 Å². The van der Waals surface area contributed by atoms with Crippen molar-refractivity contribution in [3.8, 4) is 0 Å². The Morgan fingerprint density at radius 2 is 2.35 bits per heavy atom. The van der Waals surface area contributed by atoms with Gasteiger partial charge in [-0.25, -0.2) is 0 Å². The standard InChI is InChI=1S/C15H20N4O/c1-3-12(10-16-7-1)5-6-15-18-14(19-20-15)9-13-4-2-8-17-11-13/h1,3,7,10,13,17H,2,4-6,8-9,11H2. The molecule has 0 aliphatic carbocycles. The molecule has 2 aromatic rings. The number of nitrogens with zero attached hydrogens (tertiary/aromatic N) is 3. The van der Waals surface area contributed by atoms with Gasteiger partial charge in [-0.1, -0.05) is 11.2 Å². The van der Waals surface area contributed by atoms with Crippen molar-refractivity contribution in [2.24, 2.45) is 5.92 Å². The quantitative estimate of drug-likeness (QED) is 0.899. The molecule has 1 N–H and O–H groups in total. The maximum Gasteiger partial charge on any atom is 0.226 e. The third kappa shape index (κ3) is 3.63. The van der Waals surface area contributed by atoms with Gasteiger partial charge in [0.15, 0.2) is 5.82 Å². The summed E-state index contributed by atoms with van der Waals surface area (Å²) in [6, 6.07) is 4.02. The summed E-state index contributed by atoms with van der Waals surface area (Å²) in [6.45, 7) is 2.21. The number of aryl methyl sites for hydroxylation is 2. The number of nitrogens with one attached hydrogen (secondary N) is 1. The molecule has 0 saturated carbocycles. The lowest BCUT2D eigenvalue weighted by atomic mass is 9.96. The van der Waals surface area contributed by atoms with E-state index in [1.165, 1.54) is 18.4 Å². The van der Waals surface area contributed by atoms with Crippen LogP contribution in [0.2, 0.25) is 0 Å². The summed E-state index contributed by atoms with van der Waals surface area (Å²) in [5.41, 5.74) is 1.20. The predicted molar refractivity (Wildman–Crippen MR) is 75.2 cm³/mol. The third-order valence-electron chi connectivity index (χ3n) is 3.73. The number of aromatic nitrogens is 3. The zero-order valence-corrected chi connectivity index (χ0v) is 11.6. The average molecular weight is 272 g/mol. The fourth-order valence-electron chi connectivity index (χ4n) is 2.63. The molecule has 5 nitrogen and oxygen atoms in total. The van der Waals surface area contributed by atoms with Crippen molar-refractivity contribution >= 4 is 0 Å². The molecule has 5 heteroatoms. The van der Waals surface area contributed by atoms with E-state index < -0.39 is 0 Å². The van der Waals surface area contributed by atoms with Crippen molar-refractivity contribution in [3.05, 3.63) is 41.8 Å². The molecule has 0 radical (unpaired) electrons. The first-order valence-electron chi connectivity index (χ1n) is 7.31. The maximum atomic E-state index is 5.33. The third-order valence-corrected chi connectivity index (χ3v) is 3.73. The largest absolute Gasteiger partial charge is 0.339 e. The molecule has 1 aliphatic heterocycles. The molecule has 1 fully saturated rings. The van der Waals surface area contributed by atoms with Gasteiger partial charge in [0.1, 0.15) is 0 Å². The minimum Gasteiger partial charge on any atom is -0.339 e. The molecule has 106 valence electrons. The minimum absolute atomic E-state index is 0.646. The maximum absolute atomic E-state index is 5.33. The summed E-state index contributed by atoms with van der Waals surface area (Å²) in [6.07, 6.45) is 8.76. The number of hydrogen-bond donors (Lipinski definition) is 1. The van der Waals surface area contributed by atoms with E-state index in [2.05, 4.69) is 26.5 Å². The van der Waals surface area contributed by atoms with Crippen molar-refractivity contribution in [1.82, 2.24) is 20.4 Å². The number of piperidine rings is 1. The smallest absolute Gasteiger partial charge is 0.226 e. The molecule has 20 heavy (non-hydrogen) atoms. The van der Waals surface area contributed by atoms with Gasteiger partial charge in [-0.15, -0.1) is 0 Å². The van der Waals surface area contributed by atoms with Gasteiger partial charge in [-0.3, -0.25) is 4.98 Å². The topological polar surface area (TPSA) is 63.8 Å². The summed E-state index contributed by atoms with van der Waals surface area (Å²) < 4.78 is 5.33. The Balaban J connectivity index is 1.51. The van der Waals surface area contributed by atoms with E-state index in [9.17, 15) is 0 Å². The van der Waals surface area contributed by atoms with Crippen molar-refractivity contribution in [3.63, 3.8) is 0 Å². The Kier molecular flexibility index (Phi) is 4.38. The fraction of sp³-hybridized carbons (Fsp3) is 0.533. The lowest BCUT2D eigenvalue weighted by Gasteiger charge is -2.20. The van der Waals surface area contributed by atoms with Crippen LogP contribution in [0.1, 0.15) is 30.1 Å². The Bertz CT molecular complexity index is 520. The molecule has 3 rings (SSSR count). The van der Waals surface area contributed by atoms with Crippen LogP contribution in [0.5, 0.6) is 0 Å². The summed E-state index contributed by atoms with van der Waals surface area (Å²) in [4.78, 5) is 8.60. The van der Waals surface area contributed by atoms with Crippen LogP contribution in [0.4, 0.5) is 0 Å². The second kappa shape index (κ2) is 6.61. The molecule has 1 saturated heterocycles. The zero-order valence-electron chi connectivity index (χ0n) is 11.6. The lowest BCUT2D eigenvalue weighted by Crippen LogP contribution is -2.31. The van der Waals surface area contributed by atoms with Crippen molar-refractivity contribution < 1.29 is 4.52 Å². The van der Waals surface area contributed by atoms with E-state index >= 15 is 0 Å². The number of rotatable bonds is 5. The van der Waals surface area contributed by atoms with Crippen LogP contribution in [0.15, 0.2) is 29.0 Å². The average Bonchev–Trinajstić information content (AvgIpc) is 2.95. The Hall–Kier alpha value is -1.75. The molecule has 1 atom stereocenters. The summed E-state index contributed by atoms with van der Waals surface area (Å²) in [5, 5.41) is 7.51. The molecular formula is C15H20N4O. The van der Waals surface area contributed by atoms with Crippen molar-refractivity contribution in [2.45, 2.75) is 32.1 Å². The highest BCUT2D eigenvalue weighted by molar-refractivity contribution is 5.09. The van der Waals surface area contributed by atoms with Crippen LogP contribution in [0.25, 0.3) is 0 Å². The van der Waals surface area contributed by atoms with Gasteiger partial charge in [0.2, 0.25) is 5.89 Å². The summed E-state index contributed by atoms with van der Waals surface area (Å²) in [7, 11) is 0. The highest BCUT2D eigenvalue weighted by Gasteiger charge is 2.16. The van der Waals surface area contributed by atoms with Crippen LogP contribution >= 0.6 is 0 Å². The lowest BCUT2D eigenvalue weighted by molar-refractivity contribution is 0.349. The van der Waals surface area contributed by atoms with Gasteiger partial charge < -0.3 is 9.84 Å². The first kappa shape index (κ1) is 13.2. The summed E-state index contributed by atoms with van der Waals surface area (Å²) in [5.74, 6) is 2.22. The molecule has 1 unspecified atom stereocenters. The number of pyridine rings is 1. The molecular weight excluding hydrogens is 252 g/mol. The molecule has 0 bridgehead atoms. The van der Waals surface area contributed by atoms with E-state index in [4.69, 9.17) is 4.52 Å². The van der Waals surface area contributed by atoms with E-state index in [-0.39, 0.29) is 0 Å². The van der Waals surface area contributed by atoms with Crippen LogP contribution < -0.4 is 5.32 Å². The SMILES string of the molecule is c1cncc(CCc2nc(CC3CCCNC3)no2)c1. The van der Waals surface area contributed by atoms with E-state index in [1.54, 1.807) is 6.20 Å². The van der Waals surface area contributed by atoms with Crippen LogP contribution in [-0.4, -0.2) is 28.2 Å². The molecule has 0 amide bonds. The first-order chi connectivity index (χ1) is 9.90. The van der Waals surface area contributed by atoms with Crippen molar-refractivity contribution in [1.29, 1.82) is 0 Å². The van der Waals surface area contributed by atoms with E-state index in [1.807, 2.05) is 12.3 Å².